The van der Waals surface area contributed by atoms with Gasteiger partial charge in [-0.1, -0.05) is 0 Å². The van der Waals surface area contributed by atoms with Crippen LogP contribution in [0.15, 0.2) is 12.1 Å². The quantitative estimate of drug-likeness (QED) is 0.806. The van der Waals surface area contributed by atoms with E-state index in [1.54, 1.807) is 12.7 Å². The van der Waals surface area contributed by atoms with Crippen LogP contribution in [0.1, 0.15) is 55.2 Å². The summed E-state index contributed by atoms with van der Waals surface area (Å²) in [6.07, 6.45) is 6.18. The van der Waals surface area contributed by atoms with E-state index in [2.05, 4.69) is 19.1 Å². The molecule has 2 nitrogen and oxygen atoms in total. The Kier molecular flexibility index (Phi) is 2.44. The number of benzene rings is 1. The van der Waals surface area contributed by atoms with Crippen LogP contribution < -0.4 is 10.5 Å². The molecule has 1 aromatic rings. The SMILES string of the molecule is COc1cc2c3c(c1)[C@](C)(N)CC[C@@H]3CCC2. The monoisotopic (exact) mass is 231 g/mol. The number of aryl methyl sites for hydroxylation is 1. The molecule has 0 spiro atoms. The van der Waals surface area contributed by atoms with Crippen molar-refractivity contribution in [2.45, 2.75) is 50.5 Å². The van der Waals surface area contributed by atoms with Crippen molar-refractivity contribution in [3.8, 4) is 5.75 Å². The van der Waals surface area contributed by atoms with E-state index in [0.717, 1.165) is 18.1 Å². The van der Waals surface area contributed by atoms with Gasteiger partial charge >= 0.3 is 0 Å². The van der Waals surface area contributed by atoms with Crippen LogP contribution in [0.5, 0.6) is 5.75 Å². The predicted molar refractivity (Wildman–Crippen MR) is 69.4 cm³/mol. The molecule has 2 aliphatic carbocycles. The molecule has 17 heavy (non-hydrogen) atoms. The fraction of sp³-hybridized carbons (Fsp3) is 0.600. The van der Waals surface area contributed by atoms with Crippen LogP contribution in [-0.4, -0.2) is 7.11 Å². The summed E-state index contributed by atoms with van der Waals surface area (Å²) >= 11 is 0. The molecule has 0 amide bonds. The summed E-state index contributed by atoms with van der Waals surface area (Å²) in [6, 6.07) is 4.38. The average molecular weight is 231 g/mol. The largest absolute Gasteiger partial charge is 0.497 e. The maximum absolute atomic E-state index is 6.47. The van der Waals surface area contributed by atoms with Crippen molar-refractivity contribution in [1.82, 2.24) is 0 Å². The highest BCUT2D eigenvalue weighted by molar-refractivity contribution is 5.49. The highest BCUT2D eigenvalue weighted by Crippen LogP contribution is 2.47. The second kappa shape index (κ2) is 3.74. The van der Waals surface area contributed by atoms with Crippen LogP contribution in [0.3, 0.4) is 0 Å². The smallest absolute Gasteiger partial charge is 0.119 e. The van der Waals surface area contributed by atoms with Gasteiger partial charge in [0, 0.05) is 5.54 Å². The second-order valence-corrected chi connectivity index (χ2v) is 5.79. The molecule has 0 saturated heterocycles. The highest BCUT2D eigenvalue weighted by Gasteiger charge is 2.36. The average Bonchev–Trinajstić information content (AvgIpc) is 2.33. The molecule has 92 valence electrons. The Balaban J connectivity index is 2.22. The van der Waals surface area contributed by atoms with Gasteiger partial charge in [-0.15, -0.1) is 0 Å². The van der Waals surface area contributed by atoms with Crippen LogP contribution >= 0.6 is 0 Å². The van der Waals surface area contributed by atoms with Gasteiger partial charge in [-0.25, -0.2) is 0 Å². The molecule has 0 aromatic heterocycles. The van der Waals surface area contributed by atoms with Crippen molar-refractivity contribution in [2.24, 2.45) is 5.73 Å². The van der Waals surface area contributed by atoms with E-state index in [-0.39, 0.29) is 5.54 Å². The van der Waals surface area contributed by atoms with Crippen LogP contribution in [0.25, 0.3) is 0 Å². The summed E-state index contributed by atoms with van der Waals surface area (Å²) in [5.74, 6) is 1.72. The molecule has 0 aliphatic heterocycles. The molecule has 0 saturated carbocycles. The third kappa shape index (κ3) is 1.66. The van der Waals surface area contributed by atoms with Crippen LogP contribution in [-0.2, 0) is 12.0 Å². The first-order valence-corrected chi connectivity index (χ1v) is 6.62. The van der Waals surface area contributed by atoms with Gasteiger partial charge in [-0.05, 0) is 73.8 Å². The van der Waals surface area contributed by atoms with Crippen molar-refractivity contribution < 1.29 is 4.74 Å². The zero-order valence-electron chi connectivity index (χ0n) is 10.8. The topological polar surface area (TPSA) is 35.2 Å². The molecule has 3 rings (SSSR count). The fourth-order valence-electron chi connectivity index (χ4n) is 3.54. The van der Waals surface area contributed by atoms with Crippen molar-refractivity contribution in [3.05, 3.63) is 28.8 Å². The van der Waals surface area contributed by atoms with E-state index in [1.165, 1.54) is 36.8 Å². The molecule has 0 unspecified atom stereocenters. The maximum atomic E-state index is 6.47. The molecule has 0 bridgehead atoms. The molecule has 2 atom stereocenters. The number of hydrogen-bond acceptors (Lipinski definition) is 2. The van der Waals surface area contributed by atoms with Gasteiger partial charge in [0.2, 0.25) is 0 Å². The zero-order valence-corrected chi connectivity index (χ0v) is 10.8. The Morgan fingerprint density at radius 1 is 1.35 bits per heavy atom. The number of methoxy groups -OCH3 is 1. The Morgan fingerprint density at radius 2 is 2.18 bits per heavy atom. The summed E-state index contributed by atoms with van der Waals surface area (Å²) in [7, 11) is 1.74. The summed E-state index contributed by atoms with van der Waals surface area (Å²) in [5, 5.41) is 0. The lowest BCUT2D eigenvalue weighted by Gasteiger charge is -2.40. The first-order chi connectivity index (χ1) is 8.12. The molecule has 2 aliphatic rings. The Labute approximate surface area is 103 Å². The summed E-state index contributed by atoms with van der Waals surface area (Å²) in [6.45, 7) is 2.16. The Morgan fingerprint density at radius 3 is 2.94 bits per heavy atom. The van der Waals surface area contributed by atoms with Crippen LogP contribution in [0.2, 0.25) is 0 Å². The first kappa shape index (κ1) is 11.1. The minimum atomic E-state index is -0.174. The first-order valence-electron chi connectivity index (χ1n) is 6.62. The van der Waals surface area contributed by atoms with Crippen molar-refractivity contribution in [2.75, 3.05) is 7.11 Å². The van der Waals surface area contributed by atoms with E-state index in [9.17, 15) is 0 Å². The van der Waals surface area contributed by atoms with Gasteiger partial charge < -0.3 is 10.5 Å². The third-order valence-electron chi connectivity index (χ3n) is 4.51. The fourth-order valence-corrected chi connectivity index (χ4v) is 3.54. The standard InChI is InChI=1S/C15H21NO/c1-15(16)7-6-10-4-3-5-11-8-12(17-2)9-13(15)14(10)11/h8-10H,3-7,16H2,1-2H3/t10-,15+/m0/s1. The minimum Gasteiger partial charge on any atom is -0.497 e. The molecule has 0 radical (unpaired) electrons. The van der Waals surface area contributed by atoms with Crippen LogP contribution in [0, 0.1) is 0 Å². The van der Waals surface area contributed by atoms with E-state index in [4.69, 9.17) is 10.5 Å². The highest BCUT2D eigenvalue weighted by atomic mass is 16.5. The van der Waals surface area contributed by atoms with Gasteiger partial charge in [0.1, 0.15) is 5.75 Å². The number of hydrogen-bond donors (Lipinski definition) is 1. The van der Waals surface area contributed by atoms with E-state index < -0.39 is 0 Å². The maximum Gasteiger partial charge on any atom is 0.119 e. The molecule has 0 fully saturated rings. The van der Waals surface area contributed by atoms with E-state index >= 15 is 0 Å². The molecule has 2 N–H and O–H groups in total. The molecular formula is C15H21NO. The van der Waals surface area contributed by atoms with Gasteiger partial charge in [0.25, 0.3) is 0 Å². The van der Waals surface area contributed by atoms with E-state index in [1.807, 2.05) is 0 Å². The number of nitrogens with two attached hydrogens (primary N) is 1. The normalized spacial score (nSPS) is 30.9. The third-order valence-corrected chi connectivity index (χ3v) is 4.51. The summed E-state index contributed by atoms with van der Waals surface area (Å²) in [4.78, 5) is 0. The van der Waals surface area contributed by atoms with Gasteiger partial charge in [0.15, 0.2) is 0 Å². The van der Waals surface area contributed by atoms with E-state index in [0.29, 0.717) is 0 Å². The van der Waals surface area contributed by atoms with Gasteiger partial charge in [-0.2, -0.15) is 0 Å². The lowest BCUT2D eigenvalue weighted by Crippen LogP contribution is -2.39. The summed E-state index contributed by atoms with van der Waals surface area (Å²) < 4.78 is 5.42. The van der Waals surface area contributed by atoms with Crippen molar-refractivity contribution in [3.63, 3.8) is 0 Å². The number of rotatable bonds is 1. The number of ether oxygens (including phenoxy) is 1. The molecule has 0 heterocycles. The van der Waals surface area contributed by atoms with Crippen molar-refractivity contribution >= 4 is 0 Å². The molecular weight excluding hydrogens is 210 g/mol. The molecule has 2 heteroatoms. The van der Waals surface area contributed by atoms with Crippen LogP contribution in [0.4, 0.5) is 0 Å². The predicted octanol–water partition coefficient (Wildman–Crippen LogP) is 3.08. The summed E-state index contributed by atoms with van der Waals surface area (Å²) in [5.41, 5.74) is 10.7. The van der Waals surface area contributed by atoms with Gasteiger partial charge in [0.05, 0.1) is 7.11 Å². The zero-order chi connectivity index (χ0) is 12.0. The lowest BCUT2D eigenvalue weighted by molar-refractivity contribution is 0.345. The van der Waals surface area contributed by atoms with Crippen molar-refractivity contribution in [1.29, 1.82) is 0 Å². The van der Waals surface area contributed by atoms with Gasteiger partial charge in [-0.3, -0.25) is 0 Å². The second-order valence-electron chi connectivity index (χ2n) is 5.79. The Hall–Kier alpha value is -1.02. The Bertz CT molecular complexity index is 450. The minimum absolute atomic E-state index is 0.174. The molecule has 1 aromatic carbocycles. The lowest BCUT2D eigenvalue weighted by atomic mass is 9.67.